The van der Waals surface area contributed by atoms with E-state index in [0.29, 0.717) is 12.1 Å². The molecular weight excluding hydrogens is 500 g/mol. The van der Waals surface area contributed by atoms with Crippen LogP contribution < -0.4 is 0 Å². The maximum atomic E-state index is 10.6. The largest absolute Gasteiger partial charge is 0.490 e. The third-order valence-electron chi connectivity index (χ3n) is 5.11. The molecule has 2 aromatic rings. The topological polar surface area (TPSA) is 112 Å². The molecule has 0 bridgehead atoms. The maximum absolute atomic E-state index is 10.6. The van der Waals surface area contributed by atoms with Crippen molar-refractivity contribution in [3.05, 3.63) is 48.0 Å². The summed E-state index contributed by atoms with van der Waals surface area (Å²) < 4.78 is 65.4. The molecule has 0 saturated carbocycles. The van der Waals surface area contributed by atoms with Crippen molar-refractivity contribution >= 4 is 11.9 Å². The molecule has 9 nitrogen and oxygen atoms in total. The van der Waals surface area contributed by atoms with Crippen molar-refractivity contribution < 1.29 is 46.1 Å². The van der Waals surface area contributed by atoms with E-state index in [4.69, 9.17) is 19.8 Å². The molecule has 2 atom stereocenters. The molecule has 1 aliphatic heterocycles. The first kappa shape index (κ1) is 30.8. The number of halogens is 6. The third kappa shape index (κ3) is 10.6. The summed E-state index contributed by atoms with van der Waals surface area (Å²) >= 11 is 0. The minimum absolute atomic E-state index is 0.539. The van der Waals surface area contributed by atoms with Crippen LogP contribution in [0.2, 0.25) is 0 Å². The Labute approximate surface area is 202 Å². The second-order valence-corrected chi connectivity index (χ2v) is 8.05. The zero-order valence-corrected chi connectivity index (χ0v) is 19.7. The fourth-order valence-corrected chi connectivity index (χ4v) is 3.51. The molecule has 1 aliphatic rings. The quantitative estimate of drug-likeness (QED) is 0.572. The van der Waals surface area contributed by atoms with Crippen molar-refractivity contribution in [2.45, 2.75) is 43.8 Å². The number of hydrogen-bond acceptors (Lipinski definition) is 6. The number of hydrogen-bond donors (Lipinski definition) is 2. The van der Waals surface area contributed by atoms with Gasteiger partial charge in [0, 0.05) is 56.4 Å². The Morgan fingerprint density at radius 1 is 1.03 bits per heavy atom. The van der Waals surface area contributed by atoms with E-state index in [2.05, 4.69) is 52.3 Å². The van der Waals surface area contributed by atoms with E-state index in [1.54, 1.807) is 0 Å². The number of alkyl halides is 6. The van der Waals surface area contributed by atoms with Crippen LogP contribution in [0.5, 0.6) is 0 Å². The minimum Gasteiger partial charge on any atom is -0.475 e. The van der Waals surface area contributed by atoms with Gasteiger partial charge in [-0.1, -0.05) is 0 Å². The molecule has 0 aliphatic carbocycles. The van der Waals surface area contributed by atoms with Gasteiger partial charge in [0.2, 0.25) is 0 Å². The average molecular weight is 527 g/mol. The number of likely N-dealkylation sites (tertiary alicyclic amines) is 1. The van der Waals surface area contributed by atoms with Gasteiger partial charge in [0.05, 0.1) is 6.20 Å². The van der Waals surface area contributed by atoms with E-state index < -0.39 is 24.3 Å². The lowest BCUT2D eigenvalue weighted by Gasteiger charge is -2.31. The van der Waals surface area contributed by atoms with Gasteiger partial charge in [-0.2, -0.15) is 31.4 Å². The molecule has 2 aromatic heterocycles. The molecule has 15 heteroatoms. The van der Waals surface area contributed by atoms with Crippen LogP contribution in [0.15, 0.2) is 36.9 Å². The normalized spacial score (nSPS) is 18.2. The molecule has 0 radical (unpaired) electrons. The summed E-state index contributed by atoms with van der Waals surface area (Å²) in [5.74, 6) is -5.51. The Hall–Kier alpha value is -3.20. The lowest BCUT2D eigenvalue weighted by Crippen LogP contribution is -2.43. The predicted molar refractivity (Wildman–Crippen MR) is 115 cm³/mol. The molecule has 202 valence electrons. The molecule has 2 N–H and O–H groups in total. The van der Waals surface area contributed by atoms with E-state index in [1.165, 1.54) is 17.5 Å². The number of aryl methyl sites for hydroxylation is 1. The molecule has 1 fully saturated rings. The molecule has 1 saturated heterocycles. The Balaban J connectivity index is 0.000000383. The lowest BCUT2D eigenvalue weighted by molar-refractivity contribution is -0.193. The van der Waals surface area contributed by atoms with Gasteiger partial charge in [-0.15, -0.1) is 0 Å². The molecule has 0 unspecified atom stereocenters. The minimum atomic E-state index is -5.08. The van der Waals surface area contributed by atoms with Gasteiger partial charge in [-0.25, -0.2) is 9.59 Å². The van der Waals surface area contributed by atoms with Crippen LogP contribution in [0.1, 0.15) is 17.5 Å². The number of rotatable bonds is 5. The highest BCUT2D eigenvalue weighted by Gasteiger charge is 2.39. The summed E-state index contributed by atoms with van der Waals surface area (Å²) in [5.41, 5.74) is 2.66. The zero-order valence-electron chi connectivity index (χ0n) is 19.7. The van der Waals surface area contributed by atoms with Gasteiger partial charge >= 0.3 is 24.3 Å². The molecular formula is C21H27F6N5O4. The van der Waals surface area contributed by atoms with Gasteiger partial charge < -0.3 is 15.1 Å². The van der Waals surface area contributed by atoms with Crippen LogP contribution in [0.25, 0.3) is 0 Å². The highest BCUT2D eigenvalue weighted by molar-refractivity contribution is 5.73. The van der Waals surface area contributed by atoms with Crippen molar-refractivity contribution in [3.8, 4) is 0 Å². The lowest BCUT2D eigenvalue weighted by atomic mass is 10.00. The summed E-state index contributed by atoms with van der Waals surface area (Å²) in [4.78, 5) is 26.9. The number of pyridine rings is 1. The molecule has 3 rings (SSSR count). The Morgan fingerprint density at radius 3 is 1.92 bits per heavy atom. The van der Waals surface area contributed by atoms with Crippen molar-refractivity contribution in [2.24, 2.45) is 7.05 Å². The van der Waals surface area contributed by atoms with Gasteiger partial charge in [0.25, 0.3) is 0 Å². The molecule has 0 aromatic carbocycles. The maximum Gasteiger partial charge on any atom is 0.490 e. The average Bonchev–Trinajstić information content (AvgIpc) is 3.34. The van der Waals surface area contributed by atoms with Crippen LogP contribution in [0, 0.1) is 0 Å². The highest BCUT2D eigenvalue weighted by Crippen LogP contribution is 2.26. The molecule has 0 spiro atoms. The van der Waals surface area contributed by atoms with E-state index in [1.807, 2.05) is 30.3 Å². The standard InChI is InChI=1S/C17H25N5.2C2HF3O2/c1-20(2)16-6-9-22(13-15-11-19-21(3)12-15)17(16)10-14-4-7-18-8-5-14;2*3-2(4,5)1(6)7/h4-5,7-8,11-12,16-17H,6,9-10,13H2,1-3H3;2*(H,6,7)/t16-,17+;;/m1../s1. The number of nitrogens with zero attached hydrogens (tertiary/aromatic N) is 5. The summed E-state index contributed by atoms with van der Waals surface area (Å²) in [6.07, 6.45) is 0.00836. The van der Waals surface area contributed by atoms with Crippen LogP contribution in [-0.2, 0) is 29.6 Å². The van der Waals surface area contributed by atoms with Crippen molar-refractivity contribution in [1.82, 2.24) is 24.6 Å². The SMILES string of the molecule is CN(C)[C@@H]1CCN(Cc2cnn(C)c2)[C@H]1Cc1ccncc1.O=C(O)C(F)(F)F.O=C(O)C(F)(F)F. The van der Waals surface area contributed by atoms with E-state index in [0.717, 1.165) is 19.5 Å². The van der Waals surface area contributed by atoms with Crippen LogP contribution in [-0.4, -0.2) is 91.8 Å². The van der Waals surface area contributed by atoms with Crippen LogP contribution in [0.4, 0.5) is 26.3 Å². The van der Waals surface area contributed by atoms with Gasteiger partial charge in [0.15, 0.2) is 0 Å². The van der Waals surface area contributed by atoms with Gasteiger partial charge in [-0.05, 0) is 44.6 Å². The number of carbonyl (C=O) groups is 2. The Bertz CT molecular complexity index is 942. The second kappa shape index (κ2) is 13.2. The summed E-state index contributed by atoms with van der Waals surface area (Å²) in [5, 5.41) is 18.5. The van der Waals surface area contributed by atoms with Crippen LogP contribution >= 0.6 is 0 Å². The first-order valence-electron chi connectivity index (χ1n) is 10.4. The molecule has 3 heterocycles. The smallest absolute Gasteiger partial charge is 0.475 e. The van der Waals surface area contributed by atoms with Gasteiger partial charge in [0.1, 0.15) is 0 Å². The molecule has 36 heavy (non-hydrogen) atoms. The zero-order chi connectivity index (χ0) is 27.7. The number of likely N-dealkylation sites (N-methyl/N-ethyl adjacent to an activating group) is 1. The number of carboxylic acid groups (broad SMARTS) is 2. The monoisotopic (exact) mass is 527 g/mol. The van der Waals surface area contributed by atoms with Crippen molar-refractivity contribution in [1.29, 1.82) is 0 Å². The first-order chi connectivity index (χ1) is 16.5. The predicted octanol–water partition coefficient (Wildman–Crippen LogP) is 2.83. The number of aromatic nitrogens is 3. The number of carboxylic acids is 2. The fraction of sp³-hybridized carbons (Fsp3) is 0.524. The number of aliphatic carboxylic acids is 2. The highest BCUT2D eigenvalue weighted by atomic mass is 19.4. The Morgan fingerprint density at radius 2 is 1.53 bits per heavy atom. The first-order valence-corrected chi connectivity index (χ1v) is 10.4. The van der Waals surface area contributed by atoms with E-state index in [-0.39, 0.29) is 0 Å². The fourth-order valence-electron chi connectivity index (χ4n) is 3.51. The van der Waals surface area contributed by atoms with E-state index in [9.17, 15) is 26.3 Å². The van der Waals surface area contributed by atoms with Crippen LogP contribution in [0.3, 0.4) is 0 Å². The third-order valence-corrected chi connectivity index (χ3v) is 5.11. The summed E-state index contributed by atoms with van der Waals surface area (Å²) in [6.45, 7) is 2.13. The van der Waals surface area contributed by atoms with E-state index >= 15 is 0 Å². The van der Waals surface area contributed by atoms with Crippen molar-refractivity contribution in [3.63, 3.8) is 0 Å². The van der Waals surface area contributed by atoms with Crippen molar-refractivity contribution in [2.75, 3.05) is 20.6 Å². The molecule has 0 amide bonds. The summed E-state index contributed by atoms with van der Waals surface area (Å²) in [7, 11) is 6.36. The van der Waals surface area contributed by atoms with Gasteiger partial charge in [-0.3, -0.25) is 14.6 Å². The summed E-state index contributed by atoms with van der Waals surface area (Å²) in [6, 6.07) is 5.41. The Kier molecular flexibility index (Phi) is 11.3. The second-order valence-electron chi connectivity index (χ2n) is 8.05.